The Morgan fingerprint density at radius 3 is 2.52 bits per heavy atom. The highest BCUT2D eigenvalue weighted by molar-refractivity contribution is 5.88. The normalized spacial score (nSPS) is 13.0. The first-order valence-electron chi connectivity index (χ1n) is 7.34. The van der Waals surface area contributed by atoms with Crippen molar-refractivity contribution in [3.8, 4) is 0 Å². The second-order valence-electron chi connectivity index (χ2n) is 6.80. The van der Waals surface area contributed by atoms with Crippen molar-refractivity contribution in [2.45, 2.75) is 53.6 Å². The number of fused-ring (bicyclic) bond motifs is 1. The van der Waals surface area contributed by atoms with Crippen LogP contribution in [0.2, 0.25) is 0 Å². The van der Waals surface area contributed by atoms with E-state index < -0.39 is 0 Å². The number of benzene rings is 1. The molecule has 21 heavy (non-hydrogen) atoms. The van der Waals surface area contributed by atoms with Gasteiger partial charge >= 0.3 is 0 Å². The first-order chi connectivity index (χ1) is 9.67. The second kappa shape index (κ2) is 5.43. The van der Waals surface area contributed by atoms with Crippen LogP contribution in [0.15, 0.2) is 17.1 Å². The van der Waals surface area contributed by atoms with Gasteiger partial charge in [0.15, 0.2) is 5.96 Å². The molecule has 0 bridgehead atoms. The lowest BCUT2D eigenvalue weighted by Gasteiger charge is -2.21. The number of hydrogen-bond donors (Lipinski definition) is 3. The minimum atomic E-state index is -0.0743. The smallest absolute Gasteiger partial charge is 0.189 e. The molecular weight excluding hydrogens is 260 g/mol. The van der Waals surface area contributed by atoms with Crippen LogP contribution in [0.4, 0.5) is 0 Å². The number of hydrogen-bond acceptors (Lipinski definition) is 1. The van der Waals surface area contributed by atoms with Crippen LogP contribution in [-0.2, 0) is 6.54 Å². The summed E-state index contributed by atoms with van der Waals surface area (Å²) in [5.74, 6) is 0.483. The standard InChI is InChI=1S/C17H26N4/c1-10-7-13(9-19-16(18)21-17(4,5)6)15-14(8-10)11(2)12(3)20-15/h7-8,20H,9H2,1-6H3,(H3,18,19,21). The van der Waals surface area contributed by atoms with Crippen molar-refractivity contribution in [3.05, 3.63) is 34.5 Å². The molecule has 0 amide bonds. The zero-order valence-corrected chi connectivity index (χ0v) is 13.9. The molecule has 0 atom stereocenters. The number of H-pyrrole nitrogens is 1. The largest absolute Gasteiger partial charge is 0.370 e. The quantitative estimate of drug-likeness (QED) is 0.586. The highest BCUT2D eigenvalue weighted by atomic mass is 15.1. The van der Waals surface area contributed by atoms with Gasteiger partial charge in [-0.1, -0.05) is 11.6 Å². The van der Waals surface area contributed by atoms with E-state index in [9.17, 15) is 0 Å². The molecule has 2 rings (SSSR count). The topological polar surface area (TPSA) is 66.2 Å². The molecule has 0 spiro atoms. The Labute approximate surface area is 126 Å². The van der Waals surface area contributed by atoms with Crippen molar-refractivity contribution in [3.63, 3.8) is 0 Å². The molecule has 0 unspecified atom stereocenters. The highest BCUT2D eigenvalue weighted by Crippen LogP contribution is 2.26. The average Bonchev–Trinajstić information content (AvgIpc) is 2.61. The molecule has 0 aliphatic rings. The van der Waals surface area contributed by atoms with E-state index in [1.807, 2.05) is 0 Å². The van der Waals surface area contributed by atoms with Gasteiger partial charge in [-0.15, -0.1) is 0 Å². The zero-order chi connectivity index (χ0) is 15.8. The Hall–Kier alpha value is -1.97. The summed E-state index contributed by atoms with van der Waals surface area (Å²) in [7, 11) is 0. The Balaban J connectivity index is 2.34. The number of aromatic nitrogens is 1. The van der Waals surface area contributed by atoms with Gasteiger partial charge < -0.3 is 16.0 Å². The third kappa shape index (κ3) is 3.57. The summed E-state index contributed by atoms with van der Waals surface area (Å²) in [5, 5.41) is 4.46. The van der Waals surface area contributed by atoms with E-state index in [1.165, 1.54) is 33.3 Å². The molecule has 0 fully saturated rings. The maximum Gasteiger partial charge on any atom is 0.189 e. The Morgan fingerprint density at radius 2 is 1.90 bits per heavy atom. The predicted octanol–water partition coefficient (Wildman–Crippen LogP) is 3.30. The van der Waals surface area contributed by atoms with Crippen LogP contribution in [0.3, 0.4) is 0 Å². The molecular formula is C17H26N4. The van der Waals surface area contributed by atoms with Gasteiger partial charge in [0.05, 0.1) is 12.1 Å². The van der Waals surface area contributed by atoms with Gasteiger partial charge in [0, 0.05) is 16.6 Å². The number of guanidine groups is 1. The van der Waals surface area contributed by atoms with E-state index in [0.717, 1.165) is 0 Å². The van der Waals surface area contributed by atoms with Crippen LogP contribution in [0, 0.1) is 20.8 Å². The van der Waals surface area contributed by atoms with Gasteiger partial charge in [-0.2, -0.15) is 0 Å². The molecule has 0 saturated carbocycles. The van der Waals surface area contributed by atoms with Crippen LogP contribution in [0.25, 0.3) is 10.9 Å². The molecule has 4 N–H and O–H groups in total. The molecule has 114 valence electrons. The summed E-state index contributed by atoms with van der Waals surface area (Å²) in [6, 6.07) is 4.39. The number of nitrogens with two attached hydrogens (primary N) is 1. The molecule has 1 aromatic carbocycles. The second-order valence-corrected chi connectivity index (χ2v) is 6.80. The molecule has 0 radical (unpaired) electrons. The Bertz CT molecular complexity index is 687. The summed E-state index contributed by atoms with van der Waals surface area (Å²) in [6.45, 7) is 13.1. The minimum absolute atomic E-state index is 0.0743. The Kier molecular flexibility index (Phi) is 3.99. The van der Waals surface area contributed by atoms with Crippen molar-refractivity contribution < 1.29 is 0 Å². The lowest BCUT2D eigenvalue weighted by atomic mass is 10.0. The van der Waals surface area contributed by atoms with E-state index in [1.54, 1.807) is 0 Å². The summed E-state index contributed by atoms with van der Waals surface area (Å²) < 4.78 is 0. The van der Waals surface area contributed by atoms with Gasteiger partial charge in [-0.25, -0.2) is 4.99 Å². The summed E-state index contributed by atoms with van der Waals surface area (Å²) in [4.78, 5) is 7.94. The zero-order valence-electron chi connectivity index (χ0n) is 13.9. The third-order valence-electron chi connectivity index (χ3n) is 3.57. The molecule has 4 nitrogen and oxygen atoms in total. The van der Waals surface area contributed by atoms with E-state index in [4.69, 9.17) is 5.73 Å². The van der Waals surface area contributed by atoms with Crippen molar-refractivity contribution in [2.75, 3.05) is 0 Å². The lowest BCUT2D eigenvalue weighted by Crippen LogP contribution is -2.44. The summed E-state index contributed by atoms with van der Waals surface area (Å²) >= 11 is 0. The van der Waals surface area contributed by atoms with Crippen LogP contribution < -0.4 is 11.1 Å². The van der Waals surface area contributed by atoms with E-state index >= 15 is 0 Å². The Morgan fingerprint density at radius 1 is 1.24 bits per heavy atom. The SMILES string of the molecule is Cc1cc(CN=C(N)NC(C)(C)C)c2[nH]c(C)c(C)c2c1. The predicted molar refractivity (Wildman–Crippen MR) is 90.7 cm³/mol. The molecule has 2 aromatic rings. The van der Waals surface area contributed by atoms with E-state index in [2.05, 4.69) is 69.0 Å². The number of nitrogens with zero attached hydrogens (tertiary/aromatic N) is 1. The molecule has 0 saturated heterocycles. The first-order valence-corrected chi connectivity index (χ1v) is 7.34. The summed E-state index contributed by atoms with van der Waals surface area (Å²) in [5.41, 5.74) is 12.0. The first kappa shape index (κ1) is 15.4. The van der Waals surface area contributed by atoms with Crippen molar-refractivity contribution >= 4 is 16.9 Å². The van der Waals surface area contributed by atoms with E-state index in [-0.39, 0.29) is 5.54 Å². The molecule has 0 aliphatic heterocycles. The molecule has 0 aliphatic carbocycles. The minimum Gasteiger partial charge on any atom is -0.370 e. The highest BCUT2D eigenvalue weighted by Gasteiger charge is 2.11. The number of aromatic amines is 1. The fourth-order valence-corrected chi connectivity index (χ4v) is 2.51. The fourth-order valence-electron chi connectivity index (χ4n) is 2.51. The van der Waals surface area contributed by atoms with Crippen molar-refractivity contribution in [1.29, 1.82) is 0 Å². The summed E-state index contributed by atoms with van der Waals surface area (Å²) in [6.07, 6.45) is 0. The van der Waals surface area contributed by atoms with E-state index in [0.29, 0.717) is 12.5 Å². The maximum absolute atomic E-state index is 5.95. The van der Waals surface area contributed by atoms with Crippen LogP contribution >= 0.6 is 0 Å². The number of rotatable bonds is 2. The average molecular weight is 286 g/mol. The molecule has 1 aromatic heterocycles. The van der Waals surface area contributed by atoms with Crippen LogP contribution in [0.1, 0.15) is 43.2 Å². The van der Waals surface area contributed by atoms with Gasteiger partial charge in [0.25, 0.3) is 0 Å². The fraction of sp³-hybridized carbons (Fsp3) is 0.471. The van der Waals surface area contributed by atoms with Crippen LogP contribution in [-0.4, -0.2) is 16.5 Å². The lowest BCUT2D eigenvalue weighted by molar-refractivity contribution is 0.508. The van der Waals surface area contributed by atoms with Gasteiger partial charge in [0.2, 0.25) is 0 Å². The number of aryl methyl sites for hydroxylation is 3. The van der Waals surface area contributed by atoms with Gasteiger partial charge in [0.1, 0.15) is 0 Å². The molecule has 1 heterocycles. The van der Waals surface area contributed by atoms with Gasteiger partial charge in [-0.3, -0.25) is 0 Å². The van der Waals surface area contributed by atoms with Gasteiger partial charge in [-0.05, 0) is 58.7 Å². The molecule has 4 heteroatoms. The monoisotopic (exact) mass is 286 g/mol. The van der Waals surface area contributed by atoms with Crippen molar-refractivity contribution in [1.82, 2.24) is 10.3 Å². The number of aliphatic imine (C=N–C) groups is 1. The van der Waals surface area contributed by atoms with Crippen molar-refractivity contribution in [2.24, 2.45) is 10.7 Å². The maximum atomic E-state index is 5.95. The third-order valence-corrected chi connectivity index (χ3v) is 3.57. The number of nitrogens with one attached hydrogen (secondary N) is 2. The van der Waals surface area contributed by atoms with Crippen LogP contribution in [0.5, 0.6) is 0 Å².